The number of piperidine rings is 1. The van der Waals surface area contributed by atoms with Gasteiger partial charge < -0.3 is 5.73 Å². The summed E-state index contributed by atoms with van der Waals surface area (Å²) in [6.45, 7) is 0.676. The summed E-state index contributed by atoms with van der Waals surface area (Å²) in [5, 5.41) is 0. The van der Waals surface area contributed by atoms with Crippen molar-refractivity contribution in [1.82, 2.24) is 4.31 Å². The van der Waals surface area contributed by atoms with E-state index in [1.165, 1.54) is 6.42 Å². The van der Waals surface area contributed by atoms with Gasteiger partial charge in [0.15, 0.2) is 0 Å². The Morgan fingerprint density at radius 1 is 1.50 bits per heavy atom. The van der Waals surface area contributed by atoms with Gasteiger partial charge >= 0.3 is 0 Å². The Morgan fingerprint density at radius 3 is 2.64 bits per heavy atom. The summed E-state index contributed by atoms with van der Waals surface area (Å²) in [5.74, 6) is 0.395. The van der Waals surface area contributed by atoms with E-state index in [1.807, 2.05) is 0 Å². The third kappa shape index (κ3) is 1.78. The zero-order valence-corrected chi connectivity index (χ0v) is 9.48. The Hall–Kier alpha value is -0.200. The van der Waals surface area contributed by atoms with Crippen molar-refractivity contribution in [2.45, 2.75) is 25.3 Å². The number of hydrogen-bond donors (Lipinski definition) is 1. The van der Waals surface area contributed by atoms with Crippen molar-refractivity contribution < 1.29 is 8.42 Å². The smallest absolute Gasteiger partial charge is 0.220 e. The van der Waals surface area contributed by atoms with E-state index in [0.29, 0.717) is 12.5 Å². The Kier molecular flexibility index (Phi) is 2.53. The quantitative estimate of drug-likeness (QED) is 0.703. The van der Waals surface area contributed by atoms with Crippen LogP contribution in [0.3, 0.4) is 0 Å². The molecule has 4 nitrogen and oxygen atoms in total. The number of thiocarbonyl (C=S) groups is 1. The van der Waals surface area contributed by atoms with E-state index in [4.69, 9.17) is 5.73 Å². The molecular weight excluding hydrogens is 220 g/mol. The molecule has 0 radical (unpaired) electrons. The fourth-order valence-corrected chi connectivity index (χ4v) is 4.54. The van der Waals surface area contributed by atoms with Crippen molar-refractivity contribution in [3.05, 3.63) is 0 Å². The van der Waals surface area contributed by atoms with Crippen LogP contribution in [0, 0.1) is 5.92 Å². The standard InChI is InChI=1S/C8H14N2O2S2/c9-8(13)5-14(11,12)10-4-6-1-2-7(10)3-6/h6-7H,1-5H2,(H2,9,13). The van der Waals surface area contributed by atoms with Crippen LogP contribution in [0.25, 0.3) is 0 Å². The summed E-state index contributed by atoms with van der Waals surface area (Å²) < 4.78 is 25.2. The Balaban J connectivity index is 2.12. The van der Waals surface area contributed by atoms with Gasteiger partial charge in [-0.1, -0.05) is 12.2 Å². The van der Waals surface area contributed by atoms with Crippen LogP contribution < -0.4 is 5.73 Å². The molecule has 1 aliphatic heterocycles. The number of rotatable bonds is 3. The Morgan fingerprint density at radius 2 is 2.21 bits per heavy atom. The molecule has 2 rings (SSSR count). The summed E-state index contributed by atoms with van der Waals surface area (Å²) in [5.41, 5.74) is 5.27. The lowest BCUT2D eigenvalue weighted by Gasteiger charge is -2.25. The number of hydrogen-bond acceptors (Lipinski definition) is 3. The minimum Gasteiger partial charge on any atom is -0.392 e. The highest BCUT2D eigenvalue weighted by molar-refractivity contribution is 7.92. The molecule has 2 aliphatic rings. The highest BCUT2D eigenvalue weighted by atomic mass is 32.2. The van der Waals surface area contributed by atoms with Crippen molar-refractivity contribution in [3.63, 3.8) is 0 Å². The third-order valence-electron chi connectivity index (χ3n) is 3.04. The lowest BCUT2D eigenvalue weighted by molar-refractivity contribution is 0.335. The first-order valence-corrected chi connectivity index (χ1v) is 6.78. The Bertz CT molecular complexity index is 352. The van der Waals surface area contributed by atoms with Crippen LogP contribution >= 0.6 is 12.2 Å². The predicted molar refractivity (Wildman–Crippen MR) is 58.4 cm³/mol. The van der Waals surface area contributed by atoms with Crippen molar-refractivity contribution in [2.24, 2.45) is 11.7 Å². The molecule has 6 heteroatoms. The first-order valence-electron chi connectivity index (χ1n) is 4.77. The molecule has 0 amide bonds. The maximum atomic E-state index is 11.8. The molecule has 2 atom stereocenters. The van der Waals surface area contributed by atoms with Gasteiger partial charge in [-0.25, -0.2) is 8.42 Å². The van der Waals surface area contributed by atoms with Crippen LogP contribution in [0.15, 0.2) is 0 Å². The molecule has 14 heavy (non-hydrogen) atoms. The van der Waals surface area contributed by atoms with E-state index < -0.39 is 10.0 Å². The highest BCUT2D eigenvalue weighted by Gasteiger charge is 2.43. The van der Waals surface area contributed by atoms with Gasteiger partial charge in [0.2, 0.25) is 10.0 Å². The molecule has 2 unspecified atom stereocenters. The van der Waals surface area contributed by atoms with Gasteiger partial charge in [0.05, 0.1) is 4.99 Å². The minimum absolute atomic E-state index is 0.0628. The third-order valence-corrected chi connectivity index (χ3v) is 5.21. The lowest BCUT2D eigenvalue weighted by Crippen LogP contribution is -2.41. The molecule has 1 heterocycles. The van der Waals surface area contributed by atoms with E-state index in [9.17, 15) is 8.42 Å². The van der Waals surface area contributed by atoms with Crippen LogP contribution in [0.1, 0.15) is 19.3 Å². The number of nitrogens with zero attached hydrogens (tertiary/aromatic N) is 1. The molecule has 80 valence electrons. The van der Waals surface area contributed by atoms with Crippen molar-refractivity contribution >= 4 is 27.2 Å². The normalized spacial score (nSPS) is 32.3. The molecule has 2 fully saturated rings. The summed E-state index contributed by atoms with van der Waals surface area (Å²) in [6.07, 6.45) is 3.20. The molecule has 1 aliphatic carbocycles. The molecule has 0 aromatic heterocycles. The van der Waals surface area contributed by atoms with Gasteiger partial charge in [0.25, 0.3) is 0 Å². The van der Waals surface area contributed by atoms with E-state index >= 15 is 0 Å². The second-order valence-corrected chi connectivity index (χ2v) is 6.57. The van der Waals surface area contributed by atoms with Gasteiger partial charge in [0.1, 0.15) is 5.75 Å². The summed E-state index contributed by atoms with van der Waals surface area (Å²) in [7, 11) is -3.22. The molecule has 2 bridgehead atoms. The molecule has 1 saturated heterocycles. The van der Waals surface area contributed by atoms with Crippen molar-refractivity contribution in [3.8, 4) is 0 Å². The van der Waals surface area contributed by atoms with E-state index in [2.05, 4.69) is 12.2 Å². The van der Waals surface area contributed by atoms with Crippen LogP contribution in [0.4, 0.5) is 0 Å². The summed E-state index contributed by atoms with van der Waals surface area (Å²) in [4.78, 5) is 0.0628. The maximum Gasteiger partial charge on any atom is 0.220 e. The van der Waals surface area contributed by atoms with Gasteiger partial charge in [0, 0.05) is 12.6 Å². The molecule has 0 aromatic carbocycles. The van der Waals surface area contributed by atoms with Crippen molar-refractivity contribution in [2.75, 3.05) is 12.3 Å². The van der Waals surface area contributed by atoms with Crippen molar-refractivity contribution in [1.29, 1.82) is 0 Å². The molecule has 1 saturated carbocycles. The average Bonchev–Trinajstić information content (AvgIpc) is 2.60. The number of sulfonamides is 1. The second-order valence-electron chi connectivity index (χ2n) is 4.13. The fraction of sp³-hybridized carbons (Fsp3) is 0.875. The van der Waals surface area contributed by atoms with Crippen LogP contribution in [0.2, 0.25) is 0 Å². The van der Waals surface area contributed by atoms with Gasteiger partial charge in [-0.3, -0.25) is 0 Å². The first-order chi connectivity index (χ1) is 6.49. The number of nitrogens with two attached hydrogens (primary N) is 1. The lowest BCUT2D eigenvalue weighted by atomic mass is 10.1. The molecule has 2 N–H and O–H groups in total. The van der Waals surface area contributed by atoms with E-state index in [1.54, 1.807) is 4.31 Å². The van der Waals surface area contributed by atoms with Crippen LogP contribution in [-0.2, 0) is 10.0 Å². The average molecular weight is 234 g/mol. The predicted octanol–water partition coefficient (Wildman–Crippen LogP) is 0.0866. The Labute approximate surface area is 89.5 Å². The van der Waals surface area contributed by atoms with Gasteiger partial charge in [-0.05, 0) is 25.2 Å². The van der Waals surface area contributed by atoms with Crippen LogP contribution in [0.5, 0.6) is 0 Å². The zero-order valence-electron chi connectivity index (χ0n) is 7.85. The summed E-state index contributed by atoms with van der Waals surface area (Å²) in [6, 6.07) is 0.222. The van der Waals surface area contributed by atoms with Gasteiger partial charge in [-0.2, -0.15) is 4.31 Å². The molecule has 0 aromatic rings. The van der Waals surface area contributed by atoms with E-state index in [0.717, 1.165) is 12.8 Å². The molecular formula is C8H14N2O2S2. The number of fused-ring (bicyclic) bond motifs is 2. The topological polar surface area (TPSA) is 63.4 Å². The first kappa shape index (κ1) is 10.3. The minimum atomic E-state index is -3.22. The monoisotopic (exact) mass is 234 g/mol. The SMILES string of the molecule is NC(=S)CS(=O)(=O)N1CC2CCC1C2. The zero-order chi connectivity index (χ0) is 10.3. The maximum absolute atomic E-state index is 11.8. The summed E-state index contributed by atoms with van der Waals surface area (Å²) >= 11 is 4.64. The van der Waals surface area contributed by atoms with E-state index in [-0.39, 0.29) is 16.8 Å². The van der Waals surface area contributed by atoms with Gasteiger partial charge in [-0.15, -0.1) is 0 Å². The second kappa shape index (κ2) is 3.43. The van der Waals surface area contributed by atoms with Crippen LogP contribution in [-0.4, -0.2) is 36.1 Å². The fourth-order valence-electron chi connectivity index (χ4n) is 2.48. The highest BCUT2D eigenvalue weighted by Crippen LogP contribution is 2.38. The molecule has 0 spiro atoms. The largest absolute Gasteiger partial charge is 0.392 e.